The van der Waals surface area contributed by atoms with Crippen molar-refractivity contribution in [3.05, 3.63) is 29.8 Å². The van der Waals surface area contributed by atoms with Gasteiger partial charge in [-0.2, -0.15) is 0 Å². The van der Waals surface area contributed by atoms with Crippen molar-refractivity contribution in [1.29, 1.82) is 0 Å². The lowest BCUT2D eigenvalue weighted by molar-refractivity contribution is -0.122. The molecule has 1 atom stereocenters. The average molecular weight is 290 g/mol. The molecule has 4 heteroatoms. The number of unbranched alkanes of at least 4 members (excludes halogenated alkanes) is 1. The minimum atomic E-state index is 0.0133. The molecule has 1 unspecified atom stereocenters. The van der Waals surface area contributed by atoms with Crippen molar-refractivity contribution in [3.63, 3.8) is 0 Å². The van der Waals surface area contributed by atoms with Crippen molar-refractivity contribution in [2.45, 2.75) is 45.1 Å². The topological polar surface area (TPSA) is 50.4 Å². The molecule has 2 N–H and O–H groups in total. The van der Waals surface area contributed by atoms with Crippen LogP contribution in [0.15, 0.2) is 24.3 Å². The van der Waals surface area contributed by atoms with Gasteiger partial charge in [-0.05, 0) is 49.9 Å². The molecule has 116 valence electrons. The van der Waals surface area contributed by atoms with Crippen molar-refractivity contribution in [2.75, 3.05) is 19.7 Å². The molecule has 0 spiro atoms. The lowest BCUT2D eigenvalue weighted by atomic mass is 10.1. The zero-order chi connectivity index (χ0) is 14.9. The number of amides is 1. The number of nitrogens with one attached hydrogen (secondary N) is 2. The highest BCUT2D eigenvalue weighted by Crippen LogP contribution is 2.13. The molecule has 21 heavy (non-hydrogen) atoms. The monoisotopic (exact) mass is 290 g/mol. The summed E-state index contributed by atoms with van der Waals surface area (Å²) < 4.78 is 5.63. The van der Waals surface area contributed by atoms with Crippen LogP contribution in [-0.2, 0) is 11.2 Å². The molecule has 1 saturated heterocycles. The van der Waals surface area contributed by atoms with Crippen LogP contribution in [0.25, 0.3) is 0 Å². The van der Waals surface area contributed by atoms with Gasteiger partial charge in [-0.1, -0.05) is 25.5 Å². The maximum absolute atomic E-state index is 11.8. The summed E-state index contributed by atoms with van der Waals surface area (Å²) in [6, 6.07) is 8.17. The maximum Gasteiger partial charge on any atom is 0.237 e. The summed E-state index contributed by atoms with van der Waals surface area (Å²) >= 11 is 0. The van der Waals surface area contributed by atoms with Crippen LogP contribution >= 0.6 is 0 Å². The third-order valence-corrected chi connectivity index (χ3v) is 3.78. The van der Waals surface area contributed by atoms with Crippen LogP contribution < -0.4 is 15.4 Å². The van der Waals surface area contributed by atoms with Gasteiger partial charge in [0.05, 0.1) is 12.6 Å². The molecule has 0 bridgehead atoms. The number of rotatable bonds is 8. The quantitative estimate of drug-likeness (QED) is 0.722. The molecule has 0 aliphatic carbocycles. The minimum Gasteiger partial charge on any atom is -0.494 e. The highest BCUT2D eigenvalue weighted by atomic mass is 16.5. The molecular formula is C17H26N2O2. The lowest BCUT2D eigenvalue weighted by Gasteiger charge is -2.11. The van der Waals surface area contributed by atoms with Gasteiger partial charge in [0.1, 0.15) is 5.75 Å². The van der Waals surface area contributed by atoms with E-state index in [1.165, 1.54) is 5.56 Å². The lowest BCUT2D eigenvalue weighted by Crippen LogP contribution is -2.41. The van der Waals surface area contributed by atoms with Gasteiger partial charge in [-0.15, -0.1) is 0 Å². The molecule has 1 aromatic rings. The van der Waals surface area contributed by atoms with Gasteiger partial charge >= 0.3 is 0 Å². The normalized spacial score (nSPS) is 17.7. The van der Waals surface area contributed by atoms with Gasteiger partial charge in [0.15, 0.2) is 0 Å². The molecule has 1 heterocycles. The van der Waals surface area contributed by atoms with E-state index in [-0.39, 0.29) is 11.9 Å². The van der Waals surface area contributed by atoms with E-state index >= 15 is 0 Å². The van der Waals surface area contributed by atoms with Crippen molar-refractivity contribution in [1.82, 2.24) is 10.6 Å². The van der Waals surface area contributed by atoms with E-state index in [9.17, 15) is 4.79 Å². The third kappa shape index (κ3) is 5.38. The van der Waals surface area contributed by atoms with Gasteiger partial charge in [0.25, 0.3) is 0 Å². The van der Waals surface area contributed by atoms with E-state index in [1.54, 1.807) is 0 Å². The molecule has 1 aliphatic rings. The van der Waals surface area contributed by atoms with Crippen LogP contribution in [0.2, 0.25) is 0 Å². The van der Waals surface area contributed by atoms with E-state index < -0.39 is 0 Å². The van der Waals surface area contributed by atoms with Gasteiger partial charge in [-0.25, -0.2) is 0 Å². The van der Waals surface area contributed by atoms with Gasteiger partial charge < -0.3 is 15.4 Å². The Morgan fingerprint density at radius 3 is 2.86 bits per heavy atom. The van der Waals surface area contributed by atoms with Crippen molar-refractivity contribution in [3.8, 4) is 5.75 Å². The van der Waals surface area contributed by atoms with Crippen LogP contribution in [0.4, 0.5) is 0 Å². The first-order valence-corrected chi connectivity index (χ1v) is 8.02. The Bertz CT molecular complexity index is 425. The van der Waals surface area contributed by atoms with Crippen LogP contribution in [0.1, 0.15) is 38.2 Å². The second kappa shape index (κ2) is 8.67. The van der Waals surface area contributed by atoms with E-state index in [2.05, 4.69) is 29.7 Å². The minimum absolute atomic E-state index is 0.0133. The maximum atomic E-state index is 11.8. The molecule has 2 rings (SSSR count). The van der Waals surface area contributed by atoms with Crippen molar-refractivity contribution in [2.24, 2.45) is 0 Å². The zero-order valence-corrected chi connectivity index (χ0v) is 12.9. The summed E-state index contributed by atoms with van der Waals surface area (Å²) in [6.45, 7) is 4.58. The summed E-state index contributed by atoms with van der Waals surface area (Å²) in [5.74, 6) is 1.05. The summed E-state index contributed by atoms with van der Waals surface area (Å²) in [5.41, 5.74) is 1.22. The second-order valence-corrected chi connectivity index (χ2v) is 5.54. The molecule has 1 aromatic carbocycles. The predicted octanol–water partition coefficient (Wildman–Crippen LogP) is 2.28. The number of carbonyl (C=O) groups excluding carboxylic acids is 1. The molecular weight excluding hydrogens is 264 g/mol. The molecule has 4 nitrogen and oxygen atoms in total. The summed E-state index contributed by atoms with van der Waals surface area (Å²) in [5, 5.41) is 6.21. The highest BCUT2D eigenvalue weighted by molar-refractivity contribution is 5.81. The zero-order valence-electron chi connectivity index (χ0n) is 12.9. The summed E-state index contributed by atoms with van der Waals surface area (Å²) in [7, 11) is 0. The molecule has 1 amide bonds. The molecule has 0 radical (unpaired) electrons. The van der Waals surface area contributed by atoms with Gasteiger partial charge in [-0.3, -0.25) is 4.79 Å². The van der Waals surface area contributed by atoms with Crippen LogP contribution in [0.5, 0.6) is 5.75 Å². The molecule has 0 saturated carbocycles. The second-order valence-electron chi connectivity index (χ2n) is 5.54. The number of ether oxygens (including phenoxy) is 1. The first kappa shape index (κ1) is 15.8. The highest BCUT2D eigenvalue weighted by Gasteiger charge is 2.21. The largest absolute Gasteiger partial charge is 0.494 e. The van der Waals surface area contributed by atoms with E-state index in [0.29, 0.717) is 6.54 Å². The first-order valence-electron chi connectivity index (χ1n) is 8.02. The van der Waals surface area contributed by atoms with Crippen LogP contribution in [-0.4, -0.2) is 31.6 Å². The van der Waals surface area contributed by atoms with Gasteiger partial charge in [0.2, 0.25) is 5.91 Å². The Morgan fingerprint density at radius 2 is 2.19 bits per heavy atom. The van der Waals surface area contributed by atoms with E-state index in [1.807, 2.05) is 12.1 Å². The Morgan fingerprint density at radius 1 is 1.38 bits per heavy atom. The molecule has 1 aliphatic heterocycles. The molecule has 0 aromatic heterocycles. The van der Waals surface area contributed by atoms with Gasteiger partial charge in [0, 0.05) is 6.54 Å². The number of hydrogen-bond donors (Lipinski definition) is 2. The fourth-order valence-corrected chi connectivity index (χ4v) is 2.45. The SMILES string of the molecule is CCCCOc1ccc(CCNC(=O)C2CCCN2)cc1. The number of hydrogen-bond acceptors (Lipinski definition) is 3. The first-order chi connectivity index (χ1) is 10.3. The summed E-state index contributed by atoms with van der Waals surface area (Å²) in [6.07, 6.45) is 5.14. The van der Waals surface area contributed by atoms with E-state index in [0.717, 1.165) is 51.0 Å². The average Bonchev–Trinajstić information content (AvgIpc) is 3.03. The fraction of sp³-hybridized carbons (Fsp3) is 0.588. The Hall–Kier alpha value is -1.55. The van der Waals surface area contributed by atoms with Crippen molar-refractivity contribution >= 4 is 5.91 Å². The number of carbonyl (C=O) groups is 1. The van der Waals surface area contributed by atoms with Crippen LogP contribution in [0.3, 0.4) is 0 Å². The Balaban J connectivity index is 1.67. The smallest absolute Gasteiger partial charge is 0.237 e. The van der Waals surface area contributed by atoms with E-state index in [4.69, 9.17) is 4.74 Å². The Labute approximate surface area is 127 Å². The standard InChI is InChI=1S/C17H26N2O2/c1-2-3-13-21-15-8-6-14(7-9-15)10-12-19-17(20)16-5-4-11-18-16/h6-9,16,18H,2-5,10-13H2,1H3,(H,19,20). The van der Waals surface area contributed by atoms with Crippen LogP contribution in [0, 0.1) is 0 Å². The molecule has 1 fully saturated rings. The fourth-order valence-electron chi connectivity index (χ4n) is 2.45. The Kier molecular flexibility index (Phi) is 6.54. The summed E-state index contributed by atoms with van der Waals surface area (Å²) in [4.78, 5) is 11.8. The number of benzene rings is 1. The predicted molar refractivity (Wildman–Crippen MR) is 84.6 cm³/mol. The third-order valence-electron chi connectivity index (χ3n) is 3.78. The van der Waals surface area contributed by atoms with Crippen molar-refractivity contribution < 1.29 is 9.53 Å².